The minimum absolute atomic E-state index is 0.0207. The third-order valence-electron chi connectivity index (χ3n) is 4.75. The van der Waals surface area contributed by atoms with Crippen LogP contribution in [0.2, 0.25) is 0 Å². The summed E-state index contributed by atoms with van der Waals surface area (Å²) in [6, 6.07) is 11.8. The molecule has 0 bridgehead atoms. The van der Waals surface area contributed by atoms with Crippen LogP contribution < -0.4 is 14.8 Å². The van der Waals surface area contributed by atoms with Crippen molar-refractivity contribution >= 4 is 29.3 Å². The Kier molecular flexibility index (Phi) is 6.18. The molecule has 2 aromatic carbocycles. The first-order chi connectivity index (χ1) is 15.4. The maximum Gasteiger partial charge on any atom is 0.276 e. The minimum atomic E-state index is -0.798. The third kappa shape index (κ3) is 4.62. The second kappa shape index (κ2) is 9.19. The first-order valence-electron chi connectivity index (χ1n) is 9.56. The van der Waals surface area contributed by atoms with Gasteiger partial charge in [-0.2, -0.15) is 0 Å². The van der Waals surface area contributed by atoms with Crippen molar-refractivity contribution in [1.82, 2.24) is 10.2 Å². The van der Waals surface area contributed by atoms with Crippen molar-refractivity contribution in [3.63, 3.8) is 0 Å². The molecule has 0 unspecified atom stereocenters. The van der Waals surface area contributed by atoms with Gasteiger partial charge in [0.2, 0.25) is 0 Å². The van der Waals surface area contributed by atoms with E-state index in [1.54, 1.807) is 36.4 Å². The van der Waals surface area contributed by atoms with E-state index in [0.717, 1.165) is 12.1 Å². The van der Waals surface area contributed by atoms with Crippen molar-refractivity contribution in [3.8, 4) is 11.5 Å². The molecule has 32 heavy (non-hydrogen) atoms. The Hall–Kier alpha value is -3.72. The van der Waals surface area contributed by atoms with Crippen LogP contribution in [0.3, 0.4) is 0 Å². The predicted octanol–water partition coefficient (Wildman–Crippen LogP) is 4.40. The van der Waals surface area contributed by atoms with Crippen LogP contribution in [0.5, 0.6) is 11.5 Å². The normalized spacial score (nSPS) is 14.7. The number of nitrogens with zero attached hydrogens (tertiary/aromatic N) is 1. The van der Waals surface area contributed by atoms with E-state index in [2.05, 4.69) is 5.32 Å². The Labute approximate surface area is 188 Å². The van der Waals surface area contributed by atoms with Gasteiger partial charge in [-0.15, -0.1) is 0 Å². The third-order valence-corrected chi connectivity index (χ3v) is 5.07. The van der Waals surface area contributed by atoms with E-state index >= 15 is 0 Å². The van der Waals surface area contributed by atoms with E-state index < -0.39 is 11.6 Å². The molecule has 0 atom stereocenters. The number of carbonyl (C=O) groups excluding carboxylic acids is 1. The molecule has 2 heterocycles. The van der Waals surface area contributed by atoms with Gasteiger partial charge in [-0.05, 0) is 60.3 Å². The summed E-state index contributed by atoms with van der Waals surface area (Å²) in [5.74, 6) is -0.713. The summed E-state index contributed by atoms with van der Waals surface area (Å²) in [6.07, 6.45) is 3.18. The van der Waals surface area contributed by atoms with Crippen LogP contribution in [0.4, 0.5) is 8.78 Å². The SMILES string of the molecule is COc1ccc(/C=C2/NC(=S)N(Cc3ccco3)C2=O)cc1COc1ccc(F)cc1F. The summed E-state index contributed by atoms with van der Waals surface area (Å²) in [5, 5.41) is 3.19. The highest BCUT2D eigenvalue weighted by atomic mass is 32.1. The average Bonchev–Trinajstić information content (AvgIpc) is 3.37. The van der Waals surface area contributed by atoms with E-state index in [4.69, 9.17) is 26.1 Å². The number of thiocarbonyl (C=S) groups is 1. The van der Waals surface area contributed by atoms with E-state index in [0.29, 0.717) is 28.3 Å². The molecule has 0 spiro atoms. The van der Waals surface area contributed by atoms with Gasteiger partial charge in [0.1, 0.15) is 29.6 Å². The van der Waals surface area contributed by atoms with Crippen LogP contribution in [0, 0.1) is 11.6 Å². The molecule has 164 valence electrons. The number of ether oxygens (including phenoxy) is 2. The van der Waals surface area contributed by atoms with Crippen molar-refractivity contribution in [3.05, 3.63) is 89.0 Å². The lowest BCUT2D eigenvalue weighted by Gasteiger charge is -2.12. The summed E-state index contributed by atoms with van der Waals surface area (Å²) in [4.78, 5) is 14.2. The van der Waals surface area contributed by atoms with Gasteiger partial charge in [-0.3, -0.25) is 9.69 Å². The van der Waals surface area contributed by atoms with Crippen LogP contribution in [-0.4, -0.2) is 23.0 Å². The molecule has 1 saturated heterocycles. The average molecular weight is 456 g/mol. The Morgan fingerprint density at radius 1 is 1.16 bits per heavy atom. The second-order valence-corrected chi connectivity index (χ2v) is 7.28. The molecule has 1 aliphatic heterocycles. The molecule has 1 amide bonds. The monoisotopic (exact) mass is 456 g/mol. The molecule has 6 nitrogen and oxygen atoms in total. The van der Waals surface area contributed by atoms with Crippen LogP contribution in [0.25, 0.3) is 6.08 Å². The summed E-state index contributed by atoms with van der Waals surface area (Å²) in [7, 11) is 1.50. The molecule has 1 aromatic heterocycles. The molecule has 1 fully saturated rings. The van der Waals surface area contributed by atoms with Gasteiger partial charge in [0, 0.05) is 11.6 Å². The lowest BCUT2D eigenvalue weighted by atomic mass is 10.1. The number of halogens is 2. The van der Waals surface area contributed by atoms with Crippen LogP contribution >= 0.6 is 12.2 Å². The zero-order valence-corrected chi connectivity index (χ0v) is 17.7. The van der Waals surface area contributed by atoms with E-state index in [1.165, 1.54) is 24.3 Å². The van der Waals surface area contributed by atoms with Crippen LogP contribution in [0.1, 0.15) is 16.9 Å². The van der Waals surface area contributed by atoms with Crippen molar-refractivity contribution in [2.45, 2.75) is 13.2 Å². The number of carbonyl (C=O) groups is 1. The zero-order valence-electron chi connectivity index (χ0n) is 16.9. The van der Waals surface area contributed by atoms with Crippen LogP contribution in [-0.2, 0) is 17.9 Å². The number of hydrogen-bond acceptors (Lipinski definition) is 5. The number of hydrogen-bond donors (Lipinski definition) is 1. The Morgan fingerprint density at radius 2 is 1.97 bits per heavy atom. The van der Waals surface area contributed by atoms with Gasteiger partial charge in [0.15, 0.2) is 16.7 Å². The van der Waals surface area contributed by atoms with Gasteiger partial charge >= 0.3 is 0 Å². The molecule has 4 rings (SSSR count). The molecule has 9 heteroatoms. The summed E-state index contributed by atoms with van der Waals surface area (Å²) in [6.45, 7) is 0.201. The Bertz CT molecular complexity index is 1190. The quantitative estimate of drug-likeness (QED) is 0.420. The van der Waals surface area contributed by atoms with Gasteiger partial charge in [-0.25, -0.2) is 8.78 Å². The van der Waals surface area contributed by atoms with Crippen LogP contribution in [0.15, 0.2) is 64.9 Å². The highest BCUT2D eigenvalue weighted by Gasteiger charge is 2.31. The zero-order chi connectivity index (χ0) is 22.7. The number of furan rings is 1. The summed E-state index contributed by atoms with van der Waals surface area (Å²) in [5.41, 5.74) is 1.61. The van der Waals surface area contributed by atoms with E-state index in [-0.39, 0.29) is 29.9 Å². The largest absolute Gasteiger partial charge is 0.496 e. The number of nitrogens with one attached hydrogen (secondary N) is 1. The van der Waals surface area contributed by atoms with Crippen molar-refractivity contribution in [2.24, 2.45) is 0 Å². The van der Waals surface area contributed by atoms with Gasteiger partial charge < -0.3 is 19.2 Å². The van der Waals surface area contributed by atoms with Crippen molar-refractivity contribution < 1.29 is 27.5 Å². The number of methoxy groups -OCH3 is 1. The predicted molar refractivity (Wildman–Crippen MR) is 117 cm³/mol. The molecular weight excluding hydrogens is 438 g/mol. The molecular formula is C23H18F2N2O4S. The first kappa shape index (κ1) is 21.5. The second-order valence-electron chi connectivity index (χ2n) is 6.89. The van der Waals surface area contributed by atoms with E-state index in [9.17, 15) is 13.6 Å². The Balaban J connectivity index is 1.53. The lowest BCUT2D eigenvalue weighted by Crippen LogP contribution is -2.29. The fourth-order valence-corrected chi connectivity index (χ4v) is 3.45. The standard InChI is InChI=1S/C23H18F2N2O4S/c1-29-20-6-4-14(9-15(20)13-31-21-7-5-16(24)11-18(21)25)10-19-22(28)27(23(32)26-19)12-17-3-2-8-30-17/h2-11H,12-13H2,1H3,(H,26,32)/b19-10+. The van der Waals surface area contributed by atoms with Gasteiger partial charge in [0.25, 0.3) is 5.91 Å². The molecule has 1 aliphatic rings. The number of rotatable bonds is 7. The van der Waals surface area contributed by atoms with E-state index in [1.807, 2.05) is 0 Å². The van der Waals surface area contributed by atoms with Crippen molar-refractivity contribution in [2.75, 3.05) is 7.11 Å². The molecule has 1 N–H and O–H groups in total. The number of benzene rings is 2. The van der Waals surface area contributed by atoms with Crippen molar-refractivity contribution in [1.29, 1.82) is 0 Å². The molecule has 3 aromatic rings. The maximum absolute atomic E-state index is 13.9. The molecule has 0 radical (unpaired) electrons. The Morgan fingerprint density at radius 3 is 2.69 bits per heavy atom. The lowest BCUT2D eigenvalue weighted by molar-refractivity contribution is -0.122. The highest BCUT2D eigenvalue weighted by Crippen LogP contribution is 2.26. The maximum atomic E-state index is 13.9. The molecule has 0 aliphatic carbocycles. The smallest absolute Gasteiger partial charge is 0.276 e. The highest BCUT2D eigenvalue weighted by molar-refractivity contribution is 7.80. The summed E-state index contributed by atoms with van der Waals surface area (Å²) < 4.78 is 43.1. The van der Waals surface area contributed by atoms with Gasteiger partial charge in [-0.1, -0.05) is 6.07 Å². The topological polar surface area (TPSA) is 63.9 Å². The minimum Gasteiger partial charge on any atom is -0.496 e. The fraction of sp³-hybridized carbons (Fsp3) is 0.130. The fourth-order valence-electron chi connectivity index (χ4n) is 3.19. The number of amides is 1. The van der Waals surface area contributed by atoms with Gasteiger partial charge in [0.05, 0.1) is 19.9 Å². The first-order valence-corrected chi connectivity index (χ1v) is 9.97. The summed E-state index contributed by atoms with van der Waals surface area (Å²) >= 11 is 5.28. The molecule has 0 saturated carbocycles.